The van der Waals surface area contributed by atoms with Crippen LogP contribution in [0.15, 0.2) is 47.8 Å². The van der Waals surface area contributed by atoms with Gasteiger partial charge in [0.25, 0.3) is 5.91 Å². The zero-order valence-electron chi connectivity index (χ0n) is 14.9. The lowest BCUT2D eigenvalue weighted by atomic mass is 9.88. The highest BCUT2D eigenvalue weighted by molar-refractivity contribution is 7.12. The van der Waals surface area contributed by atoms with Gasteiger partial charge in [-0.1, -0.05) is 36.4 Å². The van der Waals surface area contributed by atoms with Gasteiger partial charge in [-0.3, -0.25) is 14.4 Å². The highest BCUT2D eigenvalue weighted by Crippen LogP contribution is 2.38. The Labute approximate surface area is 157 Å². The van der Waals surface area contributed by atoms with E-state index in [4.69, 9.17) is 0 Å². The number of ketones is 2. The van der Waals surface area contributed by atoms with Gasteiger partial charge in [-0.15, -0.1) is 11.3 Å². The molecule has 0 spiro atoms. The summed E-state index contributed by atoms with van der Waals surface area (Å²) < 4.78 is 0. The number of amides is 1. The van der Waals surface area contributed by atoms with E-state index in [-0.39, 0.29) is 5.78 Å². The molecule has 1 aliphatic rings. The summed E-state index contributed by atoms with van der Waals surface area (Å²) >= 11 is 1.30. The van der Waals surface area contributed by atoms with Crippen LogP contribution >= 0.6 is 11.3 Å². The molecule has 0 radical (unpaired) electrons. The number of hydrogen-bond donors (Lipinski definition) is 0. The van der Waals surface area contributed by atoms with Crippen LogP contribution in [0.3, 0.4) is 0 Å². The van der Waals surface area contributed by atoms with Crippen molar-refractivity contribution in [3.05, 3.63) is 58.3 Å². The van der Waals surface area contributed by atoms with Crippen LogP contribution in [0.2, 0.25) is 0 Å². The molecule has 1 fully saturated rings. The monoisotopic (exact) mass is 370 g/mol. The molecule has 0 aliphatic carbocycles. The average molecular weight is 370 g/mol. The van der Waals surface area contributed by atoms with Crippen molar-refractivity contribution in [2.75, 3.05) is 27.2 Å². The van der Waals surface area contributed by atoms with Gasteiger partial charge >= 0.3 is 0 Å². The minimum Gasteiger partial charge on any atom is -0.328 e. The smallest absolute Gasteiger partial charge is 0.291 e. The summed E-state index contributed by atoms with van der Waals surface area (Å²) in [5.41, 5.74) is 0.825. The Balaban J connectivity index is 1.95. The molecule has 0 saturated carbocycles. The van der Waals surface area contributed by atoms with Gasteiger partial charge in [0.15, 0.2) is 5.78 Å². The number of likely N-dealkylation sites (tertiary alicyclic amines) is 1. The standard InChI is InChI=1S/C20H22N2O3S/c1-21(2)11-7-12-22-17(14-8-4-3-5-9-14)16(19(24)20(22)25)18(23)15-10-6-13-26-15/h3-6,8-10,13,16-17H,7,11-12H2,1-2H3. The molecule has 1 aromatic carbocycles. The summed E-state index contributed by atoms with van der Waals surface area (Å²) in [4.78, 5) is 42.5. The van der Waals surface area contributed by atoms with E-state index in [1.54, 1.807) is 22.4 Å². The molecule has 1 aliphatic heterocycles. The van der Waals surface area contributed by atoms with Crippen molar-refractivity contribution in [2.45, 2.75) is 12.5 Å². The van der Waals surface area contributed by atoms with Crippen LogP contribution in [0, 0.1) is 5.92 Å². The van der Waals surface area contributed by atoms with E-state index in [0.717, 1.165) is 18.5 Å². The first-order valence-electron chi connectivity index (χ1n) is 8.63. The van der Waals surface area contributed by atoms with Gasteiger partial charge in [-0.25, -0.2) is 0 Å². The van der Waals surface area contributed by atoms with Crippen LogP contribution < -0.4 is 0 Å². The highest BCUT2D eigenvalue weighted by Gasteiger charge is 2.51. The Bertz CT molecular complexity index is 787. The van der Waals surface area contributed by atoms with E-state index in [1.807, 2.05) is 49.3 Å². The molecule has 2 unspecified atom stereocenters. The maximum absolute atomic E-state index is 13.0. The van der Waals surface area contributed by atoms with Crippen LogP contribution in [0.4, 0.5) is 0 Å². The van der Waals surface area contributed by atoms with Gasteiger partial charge in [0.2, 0.25) is 5.78 Å². The van der Waals surface area contributed by atoms with Gasteiger partial charge in [0, 0.05) is 6.54 Å². The first-order valence-corrected chi connectivity index (χ1v) is 9.51. The van der Waals surface area contributed by atoms with E-state index in [0.29, 0.717) is 11.4 Å². The van der Waals surface area contributed by atoms with Gasteiger partial charge in [-0.05, 0) is 44.1 Å². The third-order valence-electron chi connectivity index (χ3n) is 4.60. The van der Waals surface area contributed by atoms with E-state index < -0.39 is 23.7 Å². The Morgan fingerprint density at radius 3 is 2.46 bits per heavy atom. The predicted molar refractivity (Wildman–Crippen MR) is 101 cm³/mol. The number of carbonyl (C=O) groups is 3. The molecule has 26 heavy (non-hydrogen) atoms. The van der Waals surface area contributed by atoms with Crippen molar-refractivity contribution in [3.8, 4) is 0 Å². The molecular weight excluding hydrogens is 348 g/mol. The van der Waals surface area contributed by atoms with Crippen LogP contribution in [0.5, 0.6) is 0 Å². The van der Waals surface area contributed by atoms with Crippen molar-refractivity contribution in [1.82, 2.24) is 9.80 Å². The lowest BCUT2D eigenvalue weighted by Gasteiger charge is -2.27. The van der Waals surface area contributed by atoms with Crippen LogP contribution in [0.25, 0.3) is 0 Å². The average Bonchev–Trinajstić information content (AvgIpc) is 3.24. The normalized spacial score (nSPS) is 20.2. The minimum absolute atomic E-state index is 0.262. The number of nitrogens with zero attached hydrogens (tertiary/aromatic N) is 2. The topological polar surface area (TPSA) is 57.7 Å². The molecule has 2 atom stereocenters. The van der Waals surface area contributed by atoms with Crippen molar-refractivity contribution in [1.29, 1.82) is 0 Å². The fraction of sp³-hybridized carbons (Fsp3) is 0.350. The first kappa shape index (κ1) is 18.5. The quantitative estimate of drug-likeness (QED) is 0.427. The Hall–Kier alpha value is -2.31. The maximum atomic E-state index is 13.0. The summed E-state index contributed by atoms with van der Waals surface area (Å²) in [6.07, 6.45) is 0.745. The predicted octanol–water partition coefficient (Wildman–Crippen LogP) is 2.65. The number of rotatable bonds is 7. The van der Waals surface area contributed by atoms with Gasteiger partial charge in [-0.2, -0.15) is 0 Å². The molecule has 0 N–H and O–H groups in total. The fourth-order valence-corrected chi connectivity index (χ4v) is 4.08. The largest absolute Gasteiger partial charge is 0.328 e. The molecule has 5 nitrogen and oxygen atoms in total. The van der Waals surface area contributed by atoms with Crippen molar-refractivity contribution < 1.29 is 14.4 Å². The van der Waals surface area contributed by atoms with Gasteiger partial charge < -0.3 is 9.80 Å². The molecule has 6 heteroatoms. The lowest BCUT2D eigenvalue weighted by molar-refractivity contribution is -0.140. The molecule has 0 bridgehead atoms. The van der Waals surface area contributed by atoms with E-state index in [2.05, 4.69) is 0 Å². The van der Waals surface area contributed by atoms with E-state index in [1.165, 1.54) is 11.3 Å². The van der Waals surface area contributed by atoms with Crippen LogP contribution in [0.1, 0.15) is 27.7 Å². The Kier molecular flexibility index (Phi) is 5.64. The molecule has 1 aromatic heterocycles. The second-order valence-corrected chi connectivity index (χ2v) is 7.64. The molecule has 2 aromatic rings. The summed E-state index contributed by atoms with van der Waals surface area (Å²) in [5.74, 6) is -2.38. The summed E-state index contributed by atoms with van der Waals surface area (Å²) in [6, 6.07) is 12.3. The fourth-order valence-electron chi connectivity index (χ4n) is 3.38. The highest BCUT2D eigenvalue weighted by atomic mass is 32.1. The van der Waals surface area contributed by atoms with E-state index >= 15 is 0 Å². The van der Waals surface area contributed by atoms with E-state index in [9.17, 15) is 14.4 Å². The second-order valence-electron chi connectivity index (χ2n) is 6.69. The van der Waals surface area contributed by atoms with Crippen molar-refractivity contribution in [2.24, 2.45) is 5.92 Å². The number of Topliss-reactive ketones (excluding diaryl/α,β-unsaturated/α-hetero) is 2. The van der Waals surface area contributed by atoms with Crippen LogP contribution in [-0.4, -0.2) is 54.5 Å². The molecule has 2 heterocycles. The van der Waals surface area contributed by atoms with Crippen LogP contribution in [-0.2, 0) is 9.59 Å². The zero-order chi connectivity index (χ0) is 18.7. The maximum Gasteiger partial charge on any atom is 0.291 e. The number of carbonyl (C=O) groups excluding carboxylic acids is 3. The molecular formula is C20H22N2O3S. The zero-order valence-corrected chi connectivity index (χ0v) is 15.7. The second kappa shape index (κ2) is 7.93. The lowest BCUT2D eigenvalue weighted by Crippen LogP contribution is -2.33. The molecule has 3 rings (SSSR count). The molecule has 136 valence electrons. The Morgan fingerprint density at radius 1 is 1.12 bits per heavy atom. The molecule has 1 saturated heterocycles. The van der Waals surface area contributed by atoms with Gasteiger partial charge in [0.05, 0.1) is 10.9 Å². The number of hydrogen-bond acceptors (Lipinski definition) is 5. The summed E-state index contributed by atoms with van der Waals surface area (Å²) in [5, 5.41) is 1.81. The number of thiophene rings is 1. The minimum atomic E-state index is -0.970. The third-order valence-corrected chi connectivity index (χ3v) is 5.48. The van der Waals surface area contributed by atoms with Crippen molar-refractivity contribution in [3.63, 3.8) is 0 Å². The summed E-state index contributed by atoms with van der Waals surface area (Å²) in [6.45, 7) is 1.26. The summed E-state index contributed by atoms with van der Waals surface area (Å²) in [7, 11) is 3.93. The first-order chi connectivity index (χ1) is 12.5. The number of benzene rings is 1. The van der Waals surface area contributed by atoms with Crippen molar-refractivity contribution >= 4 is 28.8 Å². The third kappa shape index (κ3) is 3.61. The Morgan fingerprint density at radius 2 is 1.85 bits per heavy atom. The molecule has 1 amide bonds. The SMILES string of the molecule is CN(C)CCCN1C(=O)C(=O)C(C(=O)c2cccs2)C1c1ccccc1. The van der Waals surface area contributed by atoms with Gasteiger partial charge in [0.1, 0.15) is 5.92 Å².